The topological polar surface area (TPSA) is 118 Å². The summed E-state index contributed by atoms with van der Waals surface area (Å²) in [5, 5.41) is 0. The van der Waals surface area contributed by atoms with Crippen molar-refractivity contribution in [2.75, 3.05) is 0 Å². The van der Waals surface area contributed by atoms with E-state index in [-0.39, 0.29) is 0 Å². The lowest BCUT2D eigenvalue weighted by Gasteiger charge is -2.07. The Morgan fingerprint density at radius 3 is 1.10 bits per heavy atom. The van der Waals surface area contributed by atoms with Gasteiger partial charge in [0.2, 0.25) is 24.3 Å². The van der Waals surface area contributed by atoms with Gasteiger partial charge >= 0.3 is 0 Å². The number of aliphatic imine (C=N–C) groups is 4. The highest BCUT2D eigenvalue weighted by molar-refractivity contribution is 5.56. The molecular formula is C32H24N4O4. The van der Waals surface area contributed by atoms with Gasteiger partial charge in [0.25, 0.3) is 0 Å². The zero-order valence-corrected chi connectivity index (χ0v) is 21.9. The molecule has 0 aromatic heterocycles. The normalized spacial score (nSPS) is 9.45. The van der Waals surface area contributed by atoms with Gasteiger partial charge in [-0.3, -0.25) is 0 Å². The minimum Gasteiger partial charge on any atom is -0.211 e. The fraction of sp³-hybridized carbons (Fsp3) is 0.125. The molecule has 196 valence electrons. The summed E-state index contributed by atoms with van der Waals surface area (Å²) in [6.45, 7) is 3.82. The standard InChI is InChI=1S/C17H14N2O2.C15H10N2O2/c1-12-7-14(3-5-16(12)18-10-20)9-15-4-6-17(19-11-21)13(2)8-15;18-10-16-14-5-1-12(2-6-14)9-13-3-7-15(8-4-13)17-11-19/h3-8H,9H2,1-2H3;1-8H,9H2. The van der Waals surface area contributed by atoms with Gasteiger partial charge in [0.15, 0.2) is 0 Å². The molecule has 0 saturated carbocycles. The molecule has 0 unspecified atom stereocenters. The zero-order chi connectivity index (χ0) is 28.7. The smallest absolute Gasteiger partial charge is 0.211 e. The minimum absolute atomic E-state index is 0.592. The second kappa shape index (κ2) is 15.0. The summed E-state index contributed by atoms with van der Waals surface area (Å²) < 4.78 is 0. The Hall–Kier alpha value is -5.60. The van der Waals surface area contributed by atoms with Gasteiger partial charge in [-0.15, -0.1) is 0 Å². The first-order chi connectivity index (χ1) is 19.4. The minimum atomic E-state index is 0.592. The number of hydrogen-bond acceptors (Lipinski definition) is 8. The second-order valence-corrected chi connectivity index (χ2v) is 8.74. The molecule has 8 heteroatoms. The van der Waals surface area contributed by atoms with E-state index in [0.717, 1.165) is 46.2 Å². The Kier molecular flexibility index (Phi) is 10.8. The van der Waals surface area contributed by atoms with Crippen molar-refractivity contribution in [3.63, 3.8) is 0 Å². The quantitative estimate of drug-likeness (QED) is 0.180. The fourth-order valence-electron chi connectivity index (χ4n) is 3.96. The van der Waals surface area contributed by atoms with Gasteiger partial charge in [-0.25, -0.2) is 19.2 Å². The average Bonchev–Trinajstić information content (AvgIpc) is 2.95. The van der Waals surface area contributed by atoms with Crippen molar-refractivity contribution in [3.05, 3.63) is 118 Å². The highest BCUT2D eigenvalue weighted by atomic mass is 16.1. The van der Waals surface area contributed by atoms with Crippen molar-refractivity contribution in [1.29, 1.82) is 0 Å². The molecule has 0 aliphatic carbocycles. The van der Waals surface area contributed by atoms with Crippen LogP contribution in [0.25, 0.3) is 0 Å². The summed E-state index contributed by atoms with van der Waals surface area (Å²) in [5.41, 5.74) is 8.81. The number of nitrogens with zero attached hydrogens (tertiary/aromatic N) is 4. The van der Waals surface area contributed by atoms with Crippen LogP contribution in [0.15, 0.2) is 105 Å². The molecule has 0 radical (unpaired) electrons. The molecule has 0 atom stereocenters. The summed E-state index contributed by atoms with van der Waals surface area (Å²) in [6, 6.07) is 26.2. The highest BCUT2D eigenvalue weighted by Crippen LogP contribution is 2.24. The molecule has 0 saturated heterocycles. The third-order valence-corrected chi connectivity index (χ3v) is 5.89. The zero-order valence-electron chi connectivity index (χ0n) is 21.9. The fourth-order valence-corrected chi connectivity index (χ4v) is 3.96. The molecule has 8 nitrogen and oxygen atoms in total. The second-order valence-electron chi connectivity index (χ2n) is 8.74. The van der Waals surface area contributed by atoms with Crippen LogP contribution < -0.4 is 0 Å². The molecule has 0 fully saturated rings. The molecule has 4 rings (SSSR count). The van der Waals surface area contributed by atoms with E-state index >= 15 is 0 Å². The molecule has 0 aliphatic heterocycles. The van der Waals surface area contributed by atoms with Crippen molar-refractivity contribution in [2.45, 2.75) is 26.7 Å². The summed E-state index contributed by atoms with van der Waals surface area (Å²) in [6.07, 6.45) is 7.64. The van der Waals surface area contributed by atoms with E-state index in [1.807, 2.05) is 74.5 Å². The van der Waals surface area contributed by atoms with Crippen LogP contribution in [0, 0.1) is 13.8 Å². The molecule has 0 amide bonds. The van der Waals surface area contributed by atoms with Crippen molar-refractivity contribution in [2.24, 2.45) is 20.0 Å². The lowest BCUT2D eigenvalue weighted by molar-refractivity contribution is 0.564. The summed E-state index contributed by atoms with van der Waals surface area (Å²) >= 11 is 0. The van der Waals surface area contributed by atoms with Crippen LogP contribution in [0.1, 0.15) is 33.4 Å². The van der Waals surface area contributed by atoms with Crippen LogP contribution >= 0.6 is 0 Å². The van der Waals surface area contributed by atoms with Crippen LogP contribution in [-0.4, -0.2) is 24.3 Å². The molecule has 4 aromatic carbocycles. The Bertz CT molecular complexity index is 1540. The molecule has 0 N–H and O–H groups in total. The maximum atomic E-state index is 10.3. The van der Waals surface area contributed by atoms with Gasteiger partial charge in [-0.2, -0.15) is 20.0 Å². The van der Waals surface area contributed by atoms with Crippen LogP contribution in [0.5, 0.6) is 0 Å². The molecule has 0 bridgehead atoms. The number of isocyanates is 4. The molecule has 0 spiro atoms. The van der Waals surface area contributed by atoms with Gasteiger partial charge in [0.05, 0.1) is 22.7 Å². The van der Waals surface area contributed by atoms with Crippen LogP contribution in [0.4, 0.5) is 22.7 Å². The summed E-state index contributed by atoms with van der Waals surface area (Å²) in [7, 11) is 0. The Balaban J connectivity index is 0.000000222. The van der Waals surface area contributed by atoms with E-state index in [0.29, 0.717) is 22.7 Å². The molecule has 4 aromatic rings. The van der Waals surface area contributed by atoms with Crippen molar-refractivity contribution in [1.82, 2.24) is 0 Å². The molecule has 0 heterocycles. The van der Waals surface area contributed by atoms with E-state index in [4.69, 9.17) is 0 Å². The summed E-state index contributed by atoms with van der Waals surface area (Å²) in [4.78, 5) is 55.2. The van der Waals surface area contributed by atoms with Crippen LogP contribution in [-0.2, 0) is 32.0 Å². The Morgan fingerprint density at radius 2 is 0.775 bits per heavy atom. The number of rotatable bonds is 8. The average molecular weight is 529 g/mol. The van der Waals surface area contributed by atoms with Crippen LogP contribution in [0.2, 0.25) is 0 Å². The third kappa shape index (κ3) is 8.76. The predicted molar refractivity (Wildman–Crippen MR) is 152 cm³/mol. The van der Waals surface area contributed by atoms with Crippen molar-refractivity contribution >= 4 is 47.1 Å². The maximum Gasteiger partial charge on any atom is 0.240 e. The number of aryl methyl sites for hydroxylation is 2. The maximum absolute atomic E-state index is 10.3. The van der Waals surface area contributed by atoms with Gasteiger partial charge < -0.3 is 0 Å². The lowest BCUT2D eigenvalue weighted by Crippen LogP contribution is -1.90. The first-order valence-electron chi connectivity index (χ1n) is 12.1. The third-order valence-electron chi connectivity index (χ3n) is 5.89. The van der Waals surface area contributed by atoms with Gasteiger partial charge in [0, 0.05) is 0 Å². The Labute approximate surface area is 231 Å². The monoisotopic (exact) mass is 528 g/mol. The molecular weight excluding hydrogens is 504 g/mol. The number of carbonyl (C=O) groups excluding carboxylic acids is 4. The number of benzene rings is 4. The van der Waals surface area contributed by atoms with E-state index in [2.05, 4.69) is 20.0 Å². The van der Waals surface area contributed by atoms with Gasteiger partial charge in [-0.05, 0) is 96.5 Å². The molecule has 40 heavy (non-hydrogen) atoms. The number of hydrogen-bond donors (Lipinski definition) is 0. The van der Waals surface area contributed by atoms with E-state index in [1.165, 1.54) is 12.2 Å². The first-order valence-corrected chi connectivity index (χ1v) is 12.1. The van der Waals surface area contributed by atoms with Gasteiger partial charge in [-0.1, -0.05) is 48.5 Å². The van der Waals surface area contributed by atoms with E-state index < -0.39 is 0 Å². The predicted octanol–water partition coefficient (Wildman–Crippen LogP) is 7.04. The summed E-state index contributed by atoms with van der Waals surface area (Å²) in [5.74, 6) is 0. The van der Waals surface area contributed by atoms with E-state index in [1.54, 1.807) is 36.4 Å². The van der Waals surface area contributed by atoms with Crippen molar-refractivity contribution < 1.29 is 19.2 Å². The first kappa shape index (κ1) is 29.0. The largest absolute Gasteiger partial charge is 0.240 e. The molecule has 0 aliphatic rings. The van der Waals surface area contributed by atoms with Crippen molar-refractivity contribution in [3.8, 4) is 0 Å². The highest BCUT2D eigenvalue weighted by Gasteiger charge is 2.03. The van der Waals surface area contributed by atoms with Crippen LogP contribution in [0.3, 0.4) is 0 Å². The lowest BCUT2D eigenvalue weighted by atomic mass is 10.0. The van der Waals surface area contributed by atoms with Gasteiger partial charge in [0.1, 0.15) is 0 Å². The SMILES string of the molecule is Cc1cc(Cc2ccc(N=C=O)c(C)c2)ccc1N=C=O.O=C=Nc1ccc(Cc2ccc(N=C=O)cc2)cc1. The van der Waals surface area contributed by atoms with E-state index in [9.17, 15) is 19.2 Å². The Morgan fingerprint density at radius 1 is 0.450 bits per heavy atom.